The second-order valence-corrected chi connectivity index (χ2v) is 3.50. The van der Waals surface area contributed by atoms with Gasteiger partial charge >= 0.3 is 12.3 Å². The van der Waals surface area contributed by atoms with Crippen LogP contribution in [-0.2, 0) is 0 Å². The van der Waals surface area contributed by atoms with E-state index in [1.807, 2.05) is 0 Å². The molecule has 1 heterocycles. The van der Waals surface area contributed by atoms with Crippen molar-refractivity contribution in [1.82, 2.24) is 10.3 Å². The Kier molecular flexibility index (Phi) is 4.28. The summed E-state index contributed by atoms with van der Waals surface area (Å²) < 4.78 is 48.5. The molecule has 1 aromatic heterocycles. The Morgan fingerprint density at radius 3 is 2.59 bits per heavy atom. The van der Waals surface area contributed by atoms with Crippen LogP contribution in [0.15, 0.2) is 18.3 Å². The fourth-order valence-electron chi connectivity index (χ4n) is 0.887. The Balaban J connectivity index is 2.59. The smallest absolute Gasteiger partial charge is 0.324 e. The molecule has 0 aromatic carbocycles. The molecular weight excluding hydrogens is 264 g/mol. The predicted molar refractivity (Wildman–Crippen MR) is 52.5 cm³/mol. The van der Waals surface area contributed by atoms with Gasteiger partial charge in [-0.2, -0.15) is 8.78 Å². The number of aromatic nitrogens is 1. The third kappa shape index (κ3) is 3.85. The summed E-state index contributed by atoms with van der Waals surface area (Å²) in [5, 5.41) is 1.81. The van der Waals surface area contributed by atoms with E-state index in [4.69, 9.17) is 11.6 Å². The number of nitrogens with zero attached hydrogens (tertiary/aromatic N) is 1. The fourth-order valence-corrected chi connectivity index (χ4v) is 0.999. The Morgan fingerprint density at radius 1 is 1.47 bits per heavy atom. The number of carbonyl (C=O) groups excluding carboxylic acids is 1. The van der Waals surface area contributed by atoms with Gasteiger partial charge in [0.25, 0.3) is 5.91 Å². The molecule has 0 aliphatic rings. The number of alkyl halides is 4. The highest BCUT2D eigenvalue weighted by Crippen LogP contribution is 2.21. The molecule has 0 bridgehead atoms. The van der Waals surface area contributed by atoms with Crippen molar-refractivity contribution in [3.8, 4) is 0 Å². The number of hydrogen-bond acceptors (Lipinski definition) is 2. The van der Waals surface area contributed by atoms with E-state index in [9.17, 15) is 22.4 Å². The number of carbonyl (C=O) groups is 1. The highest BCUT2D eigenvalue weighted by Gasteiger charge is 2.40. The van der Waals surface area contributed by atoms with Crippen molar-refractivity contribution in [2.45, 2.75) is 12.3 Å². The lowest BCUT2D eigenvalue weighted by Gasteiger charge is -2.15. The quantitative estimate of drug-likeness (QED) is 0.674. The summed E-state index contributed by atoms with van der Waals surface area (Å²) in [4.78, 5) is 14.8. The molecule has 1 N–H and O–H groups in total. The van der Waals surface area contributed by atoms with E-state index in [2.05, 4.69) is 4.98 Å². The molecule has 17 heavy (non-hydrogen) atoms. The second-order valence-electron chi connectivity index (χ2n) is 3.11. The monoisotopic (exact) mass is 270 g/mol. The number of nitrogens with one attached hydrogen (secondary N) is 1. The first-order valence-corrected chi connectivity index (χ1v) is 4.76. The summed E-state index contributed by atoms with van der Waals surface area (Å²) >= 11 is 5.45. The van der Waals surface area contributed by atoms with Crippen LogP contribution in [0.3, 0.4) is 0 Å². The van der Waals surface area contributed by atoms with Gasteiger partial charge in [-0.05, 0) is 12.1 Å². The van der Waals surface area contributed by atoms with Gasteiger partial charge < -0.3 is 5.32 Å². The number of pyridine rings is 1. The molecular formula is C9H7ClF4N2O. The molecule has 0 saturated carbocycles. The second kappa shape index (κ2) is 5.31. The summed E-state index contributed by atoms with van der Waals surface area (Å²) in [6.45, 7) is -1.44. The van der Waals surface area contributed by atoms with Gasteiger partial charge in [0.1, 0.15) is 5.15 Å². The zero-order valence-electron chi connectivity index (χ0n) is 8.26. The lowest BCUT2D eigenvalue weighted by Crippen LogP contribution is -2.41. The van der Waals surface area contributed by atoms with Crippen molar-refractivity contribution in [3.63, 3.8) is 0 Å². The predicted octanol–water partition coefficient (Wildman–Crippen LogP) is 2.37. The Hall–Kier alpha value is -1.37. The van der Waals surface area contributed by atoms with Gasteiger partial charge in [0.15, 0.2) is 0 Å². The Morgan fingerprint density at radius 2 is 2.12 bits per heavy atom. The van der Waals surface area contributed by atoms with E-state index in [0.29, 0.717) is 0 Å². The average Bonchev–Trinajstić information content (AvgIpc) is 2.27. The number of amides is 1. The maximum Gasteiger partial charge on any atom is 0.324 e. The van der Waals surface area contributed by atoms with Crippen LogP contribution in [0.1, 0.15) is 10.4 Å². The van der Waals surface area contributed by atoms with Crippen LogP contribution < -0.4 is 5.32 Å². The molecule has 0 unspecified atom stereocenters. The van der Waals surface area contributed by atoms with Gasteiger partial charge in [-0.1, -0.05) is 11.6 Å². The third-order valence-electron chi connectivity index (χ3n) is 1.79. The summed E-state index contributed by atoms with van der Waals surface area (Å²) in [5.41, 5.74) is -0.0422. The number of halogens is 5. The van der Waals surface area contributed by atoms with Gasteiger partial charge in [-0.15, -0.1) is 0 Å². The molecule has 0 saturated heterocycles. The molecule has 0 spiro atoms. The van der Waals surface area contributed by atoms with Crippen LogP contribution in [0.2, 0.25) is 5.15 Å². The molecule has 0 fully saturated rings. The van der Waals surface area contributed by atoms with E-state index in [-0.39, 0.29) is 10.7 Å². The van der Waals surface area contributed by atoms with Gasteiger partial charge in [-0.3, -0.25) is 4.79 Å². The van der Waals surface area contributed by atoms with Crippen LogP contribution in [0, 0.1) is 0 Å². The molecule has 94 valence electrons. The SMILES string of the molecule is O=C(NCC(F)(F)C(F)F)c1ccc(Cl)nc1. The Bertz CT molecular complexity index is 396. The molecule has 1 rings (SSSR count). The first kappa shape index (κ1) is 13.7. The summed E-state index contributed by atoms with van der Waals surface area (Å²) in [6.07, 6.45) is -2.77. The van der Waals surface area contributed by atoms with E-state index < -0.39 is 24.8 Å². The first-order valence-electron chi connectivity index (χ1n) is 4.38. The van der Waals surface area contributed by atoms with E-state index in [1.54, 1.807) is 5.32 Å². The third-order valence-corrected chi connectivity index (χ3v) is 2.02. The molecule has 0 aliphatic heterocycles. The van der Waals surface area contributed by atoms with Crippen molar-refractivity contribution in [2.75, 3.05) is 6.54 Å². The standard InChI is InChI=1S/C9H7ClF4N2O/c10-6-2-1-5(3-15-6)7(17)16-4-9(13,14)8(11)12/h1-3,8H,4H2,(H,16,17). The van der Waals surface area contributed by atoms with E-state index in [0.717, 1.165) is 6.20 Å². The zero-order valence-corrected chi connectivity index (χ0v) is 9.02. The molecule has 0 radical (unpaired) electrons. The van der Waals surface area contributed by atoms with Gasteiger partial charge in [-0.25, -0.2) is 13.8 Å². The molecule has 3 nitrogen and oxygen atoms in total. The minimum atomic E-state index is -4.25. The highest BCUT2D eigenvalue weighted by molar-refractivity contribution is 6.29. The van der Waals surface area contributed by atoms with Crippen LogP contribution in [-0.4, -0.2) is 29.8 Å². The van der Waals surface area contributed by atoms with Crippen molar-refractivity contribution in [3.05, 3.63) is 29.0 Å². The van der Waals surface area contributed by atoms with Crippen LogP contribution in [0.25, 0.3) is 0 Å². The fraction of sp³-hybridized carbons (Fsp3) is 0.333. The Labute approximate surface area is 98.8 Å². The topological polar surface area (TPSA) is 42.0 Å². The highest BCUT2D eigenvalue weighted by atomic mass is 35.5. The van der Waals surface area contributed by atoms with E-state index >= 15 is 0 Å². The molecule has 1 aromatic rings. The minimum Gasteiger partial charge on any atom is -0.346 e. The number of rotatable bonds is 4. The maximum atomic E-state index is 12.5. The normalized spacial score (nSPS) is 11.6. The van der Waals surface area contributed by atoms with Gasteiger partial charge in [0, 0.05) is 6.20 Å². The van der Waals surface area contributed by atoms with Crippen molar-refractivity contribution in [1.29, 1.82) is 0 Å². The molecule has 8 heteroatoms. The van der Waals surface area contributed by atoms with Crippen LogP contribution in [0.4, 0.5) is 17.6 Å². The molecule has 0 aliphatic carbocycles. The average molecular weight is 271 g/mol. The summed E-state index contributed by atoms with van der Waals surface area (Å²) in [5.74, 6) is -5.18. The van der Waals surface area contributed by atoms with Crippen molar-refractivity contribution in [2.24, 2.45) is 0 Å². The largest absolute Gasteiger partial charge is 0.346 e. The summed E-state index contributed by atoms with van der Waals surface area (Å²) in [7, 11) is 0. The molecule has 0 atom stereocenters. The summed E-state index contributed by atoms with van der Waals surface area (Å²) in [6, 6.07) is 2.52. The van der Waals surface area contributed by atoms with Crippen molar-refractivity contribution >= 4 is 17.5 Å². The van der Waals surface area contributed by atoms with Gasteiger partial charge in [0.2, 0.25) is 0 Å². The lowest BCUT2D eigenvalue weighted by atomic mass is 10.2. The molecule has 1 amide bonds. The van der Waals surface area contributed by atoms with Crippen molar-refractivity contribution < 1.29 is 22.4 Å². The lowest BCUT2D eigenvalue weighted by molar-refractivity contribution is -0.123. The van der Waals surface area contributed by atoms with Crippen LogP contribution >= 0.6 is 11.6 Å². The zero-order chi connectivity index (χ0) is 13.1. The van der Waals surface area contributed by atoms with E-state index in [1.165, 1.54) is 12.1 Å². The maximum absolute atomic E-state index is 12.5. The number of hydrogen-bond donors (Lipinski definition) is 1. The first-order chi connectivity index (χ1) is 7.83. The minimum absolute atomic E-state index is 0.0422. The van der Waals surface area contributed by atoms with Gasteiger partial charge in [0.05, 0.1) is 12.1 Å². The van der Waals surface area contributed by atoms with Crippen LogP contribution in [0.5, 0.6) is 0 Å².